The molecule has 0 aliphatic heterocycles. The van der Waals surface area contributed by atoms with Crippen LogP contribution in [0, 0.1) is 5.92 Å². The second-order valence-electron chi connectivity index (χ2n) is 8.49. The minimum Gasteiger partial charge on any atom is -0.391 e. The highest BCUT2D eigenvalue weighted by Crippen LogP contribution is 2.11. The van der Waals surface area contributed by atoms with Crippen LogP contribution in [0.2, 0.25) is 0 Å². The Bertz CT molecular complexity index is 681. The van der Waals surface area contributed by atoms with E-state index >= 15 is 0 Å². The number of carbonyl (C=O) groups excluding carboxylic acids is 2. The number of nitrogens with zero attached hydrogens (tertiary/aromatic N) is 1. The van der Waals surface area contributed by atoms with Crippen molar-refractivity contribution in [1.82, 2.24) is 10.2 Å². The van der Waals surface area contributed by atoms with Crippen LogP contribution in [-0.4, -0.2) is 78.9 Å². The molecular weight excluding hydrogens is 456 g/mol. The SMILES string of the molecule is CCC(C)C(CN(CCc1ccccc1)CC(=O)OC(=O)[C@@H](N)CCSC)NC[C@@H](N)CS. The Kier molecular flexibility index (Phi) is 15.7. The average Bonchev–Trinajstić information content (AvgIpc) is 2.82. The summed E-state index contributed by atoms with van der Waals surface area (Å²) in [5.41, 5.74) is 13.1. The third kappa shape index (κ3) is 12.8. The molecule has 2 unspecified atom stereocenters. The van der Waals surface area contributed by atoms with Crippen LogP contribution in [0.5, 0.6) is 0 Å². The van der Waals surface area contributed by atoms with Crippen LogP contribution >= 0.6 is 24.4 Å². The van der Waals surface area contributed by atoms with E-state index in [1.165, 1.54) is 5.56 Å². The number of carbonyl (C=O) groups is 2. The molecule has 0 aliphatic rings. The van der Waals surface area contributed by atoms with Crippen LogP contribution in [0.4, 0.5) is 0 Å². The summed E-state index contributed by atoms with van der Waals surface area (Å²) in [7, 11) is 0. The van der Waals surface area contributed by atoms with Crippen molar-refractivity contribution in [3.63, 3.8) is 0 Å². The van der Waals surface area contributed by atoms with E-state index < -0.39 is 18.0 Å². The lowest BCUT2D eigenvalue weighted by molar-refractivity contribution is -0.161. The third-order valence-electron chi connectivity index (χ3n) is 5.72. The minimum atomic E-state index is -0.781. The van der Waals surface area contributed by atoms with Crippen molar-refractivity contribution in [2.24, 2.45) is 17.4 Å². The fraction of sp³-hybridized carbons (Fsp3) is 0.667. The standard InChI is InChI=1S/C24H42N4O3S2/c1-4-18(2)22(27-14-20(25)17-32)15-28(12-10-19-8-6-5-7-9-19)16-23(29)31-24(30)21(26)11-13-33-3/h5-9,18,20-22,27,32H,4,10-17,25-26H2,1-3H3/t18?,20-,21+,22?/m1/s1. The van der Waals surface area contributed by atoms with Gasteiger partial charge in [0.2, 0.25) is 0 Å². The zero-order chi connectivity index (χ0) is 24.6. The number of ether oxygens (including phenoxy) is 1. The fourth-order valence-electron chi connectivity index (χ4n) is 3.31. The minimum absolute atomic E-state index is 0.0288. The Hall–Kier alpha value is -1.10. The normalized spacial score (nSPS) is 15.1. The Balaban J connectivity index is 2.82. The molecule has 1 aromatic rings. The summed E-state index contributed by atoms with van der Waals surface area (Å²) in [6.45, 7) is 6.32. The van der Waals surface area contributed by atoms with Gasteiger partial charge in [0.05, 0.1) is 6.54 Å². The number of rotatable bonds is 17. The number of benzene rings is 1. The van der Waals surface area contributed by atoms with Crippen LogP contribution < -0.4 is 16.8 Å². The summed E-state index contributed by atoms with van der Waals surface area (Å²) in [4.78, 5) is 26.8. The molecule has 0 aromatic heterocycles. The maximum absolute atomic E-state index is 12.6. The monoisotopic (exact) mass is 498 g/mol. The van der Waals surface area contributed by atoms with Crippen LogP contribution in [0.15, 0.2) is 30.3 Å². The highest BCUT2D eigenvalue weighted by atomic mass is 32.2. The molecule has 5 N–H and O–H groups in total. The summed E-state index contributed by atoms with van der Waals surface area (Å²) in [5.74, 6) is 0.498. The van der Waals surface area contributed by atoms with Crippen molar-refractivity contribution in [2.75, 3.05) is 43.9 Å². The van der Waals surface area contributed by atoms with E-state index in [4.69, 9.17) is 16.2 Å². The number of hydrogen-bond donors (Lipinski definition) is 4. The van der Waals surface area contributed by atoms with Crippen LogP contribution in [0.3, 0.4) is 0 Å². The van der Waals surface area contributed by atoms with E-state index in [9.17, 15) is 9.59 Å². The van der Waals surface area contributed by atoms with Gasteiger partial charge in [-0.15, -0.1) is 0 Å². The van der Waals surface area contributed by atoms with Gasteiger partial charge in [-0.05, 0) is 36.3 Å². The van der Waals surface area contributed by atoms with Gasteiger partial charge >= 0.3 is 11.9 Å². The third-order valence-corrected chi connectivity index (χ3v) is 6.84. The molecule has 0 aliphatic carbocycles. The smallest absolute Gasteiger partial charge is 0.330 e. The van der Waals surface area contributed by atoms with Gasteiger partial charge in [0, 0.05) is 37.5 Å². The predicted octanol–water partition coefficient (Wildman–Crippen LogP) is 1.94. The van der Waals surface area contributed by atoms with Gasteiger partial charge in [0.15, 0.2) is 0 Å². The molecule has 0 radical (unpaired) electrons. The summed E-state index contributed by atoms with van der Waals surface area (Å²) < 4.78 is 5.07. The van der Waals surface area contributed by atoms with Crippen molar-refractivity contribution in [1.29, 1.82) is 0 Å². The lowest BCUT2D eigenvalue weighted by Crippen LogP contribution is -2.50. The van der Waals surface area contributed by atoms with Gasteiger partial charge in [-0.3, -0.25) is 9.69 Å². The number of nitrogens with two attached hydrogens (primary N) is 2. The summed E-state index contributed by atoms with van der Waals surface area (Å²) in [6.07, 6.45) is 4.21. The molecule has 0 spiro atoms. The van der Waals surface area contributed by atoms with E-state index in [0.29, 0.717) is 37.7 Å². The fourth-order valence-corrected chi connectivity index (χ4v) is 3.93. The van der Waals surface area contributed by atoms with Crippen molar-refractivity contribution in [3.8, 4) is 0 Å². The Labute approximate surface area is 209 Å². The van der Waals surface area contributed by atoms with Gasteiger partial charge < -0.3 is 21.5 Å². The number of thiol groups is 1. The Morgan fingerprint density at radius 3 is 2.55 bits per heavy atom. The lowest BCUT2D eigenvalue weighted by Gasteiger charge is -2.31. The molecule has 188 valence electrons. The second kappa shape index (κ2) is 17.4. The summed E-state index contributed by atoms with van der Waals surface area (Å²) in [6, 6.07) is 9.46. The molecule has 1 aromatic carbocycles. The largest absolute Gasteiger partial charge is 0.391 e. The van der Waals surface area contributed by atoms with Crippen molar-refractivity contribution < 1.29 is 14.3 Å². The van der Waals surface area contributed by atoms with Crippen molar-refractivity contribution >= 4 is 36.3 Å². The van der Waals surface area contributed by atoms with E-state index in [-0.39, 0.29) is 18.6 Å². The maximum Gasteiger partial charge on any atom is 0.330 e. The molecule has 0 saturated heterocycles. The average molecular weight is 499 g/mol. The molecule has 33 heavy (non-hydrogen) atoms. The first kappa shape index (κ1) is 29.9. The number of nitrogens with one attached hydrogen (secondary N) is 1. The summed E-state index contributed by atoms with van der Waals surface area (Å²) >= 11 is 5.87. The molecule has 4 atom stereocenters. The molecule has 7 nitrogen and oxygen atoms in total. The molecular formula is C24H42N4O3S2. The van der Waals surface area contributed by atoms with Gasteiger partial charge in [-0.1, -0.05) is 50.6 Å². The first-order valence-corrected chi connectivity index (χ1v) is 13.7. The zero-order valence-electron chi connectivity index (χ0n) is 20.2. The maximum atomic E-state index is 12.6. The molecule has 9 heteroatoms. The van der Waals surface area contributed by atoms with Gasteiger partial charge in [0.25, 0.3) is 0 Å². The zero-order valence-corrected chi connectivity index (χ0v) is 22.0. The highest BCUT2D eigenvalue weighted by Gasteiger charge is 2.24. The Morgan fingerprint density at radius 1 is 1.24 bits per heavy atom. The van der Waals surface area contributed by atoms with E-state index in [1.807, 2.05) is 29.4 Å². The highest BCUT2D eigenvalue weighted by molar-refractivity contribution is 7.98. The topological polar surface area (TPSA) is 111 Å². The summed E-state index contributed by atoms with van der Waals surface area (Å²) in [5, 5.41) is 3.55. The van der Waals surface area contributed by atoms with Crippen molar-refractivity contribution in [3.05, 3.63) is 35.9 Å². The van der Waals surface area contributed by atoms with E-state index in [2.05, 4.69) is 43.9 Å². The van der Waals surface area contributed by atoms with E-state index in [0.717, 1.165) is 18.6 Å². The molecule has 0 amide bonds. The van der Waals surface area contributed by atoms with E-state index in [1.54, 1.807) is 11.8 Å². The molecule has 0 heterocycles. The first-order valence-electron chi connectivity index (χ1n) is 11.7. The van der Waals surface area contributed by atoms with Crippen LogP contribution in [-0.2, 0) is 20.7 Å². The molecule has 0 saturated carbocycles. The molecule has 0 fully saturated rings. The Morgan fingerprint density at radius 2 is 1.94 bits per heavy atom. The molecule has 1 rings (SSSR count). The van der Waals surface area contributed by atoms with Gasteiger partial charge in [0.1, 0.15) is 6.04 Å². The van der Waals surface area contributed by atoms with Gasteiger partial charge in [-0.25, -0.2) is 4.79 Å². The van der Waals surface area contributed by atoms with Crippen LogP contribution in [0.25, 0.3) is 0 Å². The molecule has 0 bridgehead atoms. The second-order valence-corrected chi connectivity index (χ2v) is 9.85. The number of hydrogen-bond acceptors (Lipinski definition) is 9. The first-order chi connectivity index (χ1) is 15.8. The quantitative estimate of drug-likeness (QED) is 0.147. The number of esters is 2. The van der Waals surface area contributed by atoms with Crippen molar-refractivity contribution in [2.45, 2.75) is 51.2 Å². The van der Waals surface area contributed by atoms with Gasteiger partial charge in [-0.2, -0.15) is 24.4 Å². The number of thioether (sulfide) groups is 1. The lowest BCUT2D eigenvalue weighted by atomic mass is 9.98. The van der Waals surface area contributed by atoms with Crippen LogP contribution in [0.1, 0.15) is 32.3 Å². The predicted molar refractivity (Wildman–Crippen MR) is 142 cm³/mol.